The molecule has 0 bridgehead atoms. The molecule has 0 aliphatic carbocycles. The second-order valence-corrected chi connectivity index (χ2v) is 7.54. The Kier molecular flexibility index (Phi) is 6.19. The monoisotopic (exact) mass is 276 g/mol. The summed E-state index contributed by atoms with van der Waals surface area (Å²) < 4.78 is 0. The lowest BCUT2D eigenvalue weighted by molar-refractivity contribution is 0.303. The van der Waals surface area contributed by atoms with Crippen LogP contribution in [0.2, 0.25) is 0 Å². The average Bonchev–Trinajstić information content (AvgIpc) is 2.35. The minimum Gasteiger partial charge on any atom is -0.126 e. The van der Waals surface area contributed by atoms with Gasteiger partial charge in [0.1, 0.15) is 0 Å². The van der Waals surface area contributed by atoms with Gasteiger partial charge >= 0.3 is 0 Å². The van der Waals surface area contributed by atoms with Crippen molar-refractivity contribution in [3.8, 4) is 0 Å². The fourth-order valence-electron chi connectivity index (χ4n) is 2.55. The summed E-state index contributed by atoms with van der Waals surface area (Å²) in [7, 11) is 0. The molecule has 19 heavy (non-hydrogen) atoms. The van der Waals surface area contributed by atoms with Gasteiger partial charge in [0.05, 0.1) is 0 Å². The maximum Gasteiger partial charge on any atom is 0.00724 e. The zero-order chi connectivity index (χ0) is 14.5. The zero-order valence-corrected chi connectivity index (χ0v) is 13.9. The van der Waals surface area contributed by atoms with E-state index in [0.29, 0.717) is 11.3 Å². The van der Waals surface area contributed by atoms with Crippen LogP contribution in [0.1, 0.15) is 64.5 Å². The molecule has 0 saturated heterocycles. The molecule has 0 nitrogen and oxygen atoms in total. The third-order valence-corrected chi connectivity index (χ3v) is 4.45. The van der Waals surface area contributed by atoms with E-state index in [-0.39, 0.29) is 0 Å². The fraction of sp³-hybridized carbons (Fsp3) is 0.556. The first-order valence-electron chi connectivity index (χ1n) is 7.32. The maximum atomic E-state index is 4.14. The highest BCUT2D eigenvalue weighted by Gasteiger charge is 2.25. The van der Waals surface area contributed by atoms with E-state index in [1.165, 1.54) is 28.9 Å². The Morgan fingerprint density at radius 3 is 2.16 bits per heavy atom. The molecule has 0 aliphatic rings. The Balaban J connectivity index is 2.92. The van der Waals surface area contributed by atoms with E-state index in [2.05, 4.69) is 65.5 Å². The minimum atomic E-state index is 0.326. The molecule has 0 spiro atoms. The molecule has 1 aromatic rings. The predicted octanol–water partition coefficient (Wildman–Crippen LogP) is 6.34. The first-order valence-corrected chi connectivity index (χ1v) is 8.30. The standard InChI is InChI=1S/C18H28S/c1-7-9-17(18(4,5)6)16-12-10-15(11-13-16)14(3)19-8-2/h10-13,17H,3,7-9H2,1-2,4-6H3. The molecule has 106 valence electrons. The topological polar surface area (TPSA) is 0 Å². The summed E-state index contributed by atoms with van der Waals surface area (Å²) in [6, 6.07) is 9.05. The van der Waals surface area contributed by atoms with Gasteiger partial charge in [-0.3, -0.25) is 0 Å². The first kappa shape index (κ1) is 16.4. The van der Waals surface area contributed by atoms with Gasteiger partial charge in [0, 0.05) is 4.91 Å². The first-order chi connectivity index (χ1) is 8.90. The highest BCUT2D eigenvalue weighted by atomic mass is 32.2. The van der Waals surface area contributed by atoms with Crippen molar-refractivity contribution in [2.24, 2.45) is 5.41 Å². The van der Waals surface area contributed by atoms with E-state index in [1.54, 1.807) is 0 Å². The molecule has 1 unspecified atom stereocenters. The SMILES string of the molecule is C=C(SCC)c1ccc(C(CCC)C(C)(C)C)cc1. The molecule has 0 aliphatic heterocycles. The van der Waals surface area contributed by atoms with Crippen molar-refractivity contribution in [2.45, 2.75) is 53.4 Å². The highest BCUT2D eigenvalue weighted by molar-refractivity contribution is 8.08. The van der Waals surface area contributed by atoms with Crippen LogP contribution in [0.4, 0.5) is 0 Å². The summed E-state index contributed by atoms with van der Waals surface area (Å²) in [5.41, 5.74) is 3.05. The van der Waals surface area contributed by atoms with E-state index in [1.807, 2.05) is 11.8 Å². The smallest absolute Gasteiger partial charge is 0.00724 e. The van der Waals surface area contributed by atoms with Gasteiger partial charge in [-0.05, 0) is 34.6 Å². The number of hydrogen-bond acceptors (Lipinski definition) is 1. The Morgan fingerprint density at radius 1 is 1.16 bits per heavy atom. The normalized spacial score (nSPS) is 13.3. The second-order valence-electron chi connectivity index (χ2n) is 6.19. The van der Waals surface area contributed by atoms with Crippen LogP contribution in [0.5, 0.6) is 0 Å². The van der Waals surface area contributed by atoms with Crippen molar-refractivity contribution >= 4 is 16.7 Å². The van der Waals surface area contributed by atoms with E-state index in [0.717, 1.165) is 5.75 Å². The van der Waals surface area contributed by atoms with Crippen LogP contribution >= 0.6 is 11.8 Å². The molecular formula is C18H28S. The van der Waals surface area contributed by atoms with E-state index in [4.69, 9.17) is 0 Å². The lowest BCUT2D eigenvalue weighted by Gasteiger charge is -2.31. The van der Waals surface area contributed by atoms with Crippen LogP contribution in [0.3, 0.4) is 0 Å². The Bertz CT molecular complexity index is 395. The molecule has 0 N–H and O–H groups in total. The molecule has 1 aromatic carbocycles. The zero-order valence-electron chi connectivity index (χ0n) is 13.1. The van der Waals surface area contributed by atoms with Crippen molar-refractivity contribution in [1.82, 2.24) is 0 Å². The van der Waals surface area contributed by atoms with Gasteiger partial charge in [-0.2, -0.15) is 0 Å². The Labute approximate surface area is 123 Å². The van der Waals surface area contributed by atoms with Gasteiger partial charge in [0.15, 0.2) is 0 Å². The summed E-state index contributed by atoms with van der Waals surface area (Å²) in [6.07, 6.45) is 2.50. The largest absolute Gasteiger partial charge is 0.126 e. The number of benzene rings is 1. The van der Waals surface area contributed by atoms with Crippen molar-refractivity contribution in [3.05, 3.63) is 42.0 Å². The molecular weight excluding hydrogens is 248 g/mol. The van der Waals surface area contributed by atoms with E-state index >= 15 is 0 Å². The molecule has 1 heteroatoms. The highest BCUT2D eigenvalue weighted by Crippen LogP contribution is 2.39. The average molecular weight is 276 g/mol. The van der Waals surface area contributed by atoms with Crippen LogP contribution < -0.4 is 0 Å². The molecule has 0 aromatic heterocycles. The third kappa shape index (κ3) is 4.72. The number of rotatable bonds is 6. The minimum absolute atomic E-state index is 0.326. The molecule has 0 amide bonds. The van der Waals surface area contributed by atoms with Crippen molar-refractivity contribution in [3.63, 3.8) is 0 Å². The fourth-order valence-corrected chi connectivity index (χ4v) is 3.20. The van der Waals surface area contributed by atoms with Crippen molar-refractivity contribution in [2.75, 3.05) is 5.75 Å². The predicted molar refractivity (Wildman–Crippen MR) is 90.7 cm³/mol. The maximum absolute atomic E-state index is 4.14. The molecule has 1 rings (SSSR count). The van der Waals surface area contributed by atoms with Crippen LogP contribution in [0, 0.1) is 5.41 Å². The van der Waals surface area contributed by atoms with E-state index in [9.17, 15) is 0 Å². The van der Waals surface area contributed by atoms with Crippen molar-refractivity contribution < 1.29 is 0 Å². The second kappa shape index (κ2) is 7.19. The van der Waals surface area contributed by atoms with Gasteiger partial charge in [-0.25, -0.2) is 0 Å². The summed E-state index contributed by atoms with van der Waals surface area (Å²) in [4.78, 5) is 1.18. The van der Waals surface area contributed by atoms with E-state index < -0.39 is 0 Å². The Morgan fingerprint density at radius 2 is 1.74 bits per heavy atom. The molecule has 0 heterocycles. The lowest BCUT2D eigenvalue weighted by Crippen LogP contribution is -2.18. The summed E-state index contributed by atoms with van der Waals surface area (Å²) in [5.74, 6) is 1.72. The lowest BCUT2D eigenvalue weighted by atomic mass is 9.74. The number of hydrogen-bond donors (Lipinski definition) is 0. The third-order valence-electron chi connectivity index (χ3n) is 3.58. The van der Waals surface area contributed by atoms with Gasteiger partial charge in [0.2, 0.25) is 0 Å². The van der Waals surface area contributed by atoms with Gasteiger partial charge < -0.3 is 0 Å². The summed E-state index contributed by atoms with van der Waals surface area (Å²) in [6.45, 7) is 15.6. The van der Waals surface area contributed by atoms with Gasteiger partial charge in [0.25, 0.3) is 0 Å². The van der Waals surface area contributed by atoms with Crippen molar-refractivity contribution in [1.29, 1.82) is 0 Å². The molecule has 1 atom stereocenters. The van der Waals surface area contributed by atoms with Gasteiger partial charge in [-0.1, -0.05) is 71.9 Å². The summed E-state index contributed by atoms with van der Waals surface area (Å²) in [5, 5.41) is 0. The molecule has 0 saturated carbocycles. The Hall–Kier alpha value is -0.690. The van der Waals surface area contributed by atoms with Crippen LogP contribution in [0.25, 0.3) is 4.91 Å². The molecule has 0 fully saturated rings. The summed E-state index contributed by atoms with van der Waals surface area (Å²) >= 11 is 1.82. The van der Waals surface area contributed by atoms with Crippen LogP contribution in [-0.4, -0.2) is 5.75 Å². The van der Waals surface area contributed by atoms with Crippen LogP contribution in [0.15, 0.2) is 30.8 Å². The quantitative estimate of drug-likeness (QED) is 0.584. The van der Waals surface area contributed by atoms with Gasteiger partial charge in [-0.15, -0.1) is 11.8 Å². The van der Waals surface area contributed by atoms with Crippen LogP contribution in [-0.2, 0) is 0 Å². The molecule has 0 radical (unpaired) electrons. The number of thioether (sulfide) groups is 1.